The third kappa shape index (κ3) is 3.54. The molecule has 0 aliphatic heterocycles. The molecule has 3 nitrogen and oxygen atoms in total. The smallest absolute Gasteiger partial charge is 0.191 e. The van der Waals surface area contributed by atoms with E-state index in [1.54, 1.807) is 0 Å². The van der Waals surface area contributed by atoms with Crippen LogP contribution in [0, 0.1) is 5.92 Å². The summed E-state index contributed by atoms with van der Waals surface area (Å²) >= 11 is 5.43. The van der Waals surface area contributed by atoms with Gasteiger partial charge in [-0.3, -0.25) is 0 Å². The quantitative estimate of drug-likeness (QED) is 0.517. The zero-order valence-electron chi connectivity index (χ0n) is 11.5. The van der Waals surface area contributed by atoms with Crippen molar-refractivity contribution in [3.63, 3.8) is 0 Å². The molecule has 0 spiro atoms. The van der Waals surface area contributed by atoms with Gasteiger partial charge in [-0.05, 0) is 44.4 Å². The molecule has 106 valence electrons. The number of hydrogen-bond donors (Lipinski definition) is 0. The fourth-order valence-electron chi connectivity index (χ4n) is 2.36. The molecule has 1 unspecified atom stereocenters. The number of aromatic nitrogens is 3. The Morgan fingerprint density at radius 2 is 2.05 bits per heavy atom. The van der Waals surface area contributed by atoms with Crippen molar-refractivity contribution in [2.24, 2.45) is 5.92 Å². The predicted octanol–water partition coefficient (Wildman–Crippen LogP) is 4.39. The minimum Gasteiger partial charge on any atom is -0.303 e. The molecule has 19 heavy (non-hydrogen) atoms. The van der Waals surface area contributed by atoms with Crippen LogP contribution < -0.4 is 0 Å². The molecule has 2 saturated carbocycles. The highest BCUT2D eigenvalue weighted by Crippen LogP contribution is 2.46. The normalized spacial score (nSPS) is 20.7. The van der Waals surface area contributed by atoms with Crippen LogP contribution in [-0.2, 0) is 0 Å². The van der Waals surface area contributed by atoms with Gasteiger partial charge in [0.05, 0.1) is 0 Å². The first kappa shape index (κ1) is 13.9. The van der Waals surface area contributed by atoms with E-state index in [0.29, 0.717) is 6.04 Å². The number of thioether (sulfide) groups is 1. The van der Waals surface area contributed by atoms with Crippen molar-refractivity contribution < 1.29 is 0 Å². The van der Waals surface area contributed by atoms with Crippen LogP contribution in [-0.4, -0.2) is 25.8 Å². The van der Waals surface area contributed by atoms with Gasteiger partial charge >= 0.3 is 0 Å². The molecule has 2 aliphatic rings. The van der Waals surface area contributed by atoms with Gasteiger partial charge in [0.25, 0.3) is 0 Å². The van der Waals surface area contributed by atoms with Crippen LogP contribution >= 0.6 is 27.7 Å². The number of halogens is 1. The number of alkyl halides is 1. The van der Waals surface area contributed by atoms with Crippen LogP contribution in [0.25, 0.3) is 0 Å². The van der Waals surface area contributed by atoms with E-state index in [2.05, 4.69) is 37.6 Å². The van der Waals surface area contributed by atoms with Crippen molar-refractivity contribution in [2.45, 2.75) is 62.6 Å². The molecule has 0 bridgehead atoms. The number of nitrogens with zero attached hydrogens (tertiary/aromatic N) is 3. The minimum atomic E-state index is 0.716. The van der Waals surface area contributed by atoms with Crippen LogP contribution in [0.3, 0.4) is 0 Å². The third-order valence-electron chi connectivity index (χ3n) is 3.99. The highest BCUT2D eigenvalue weighted by Gasteiger charge is 2.36. The maximum absolute atomic E-state index is 4.46. The van der Waals surface area contributed by atoms with E-state index >= 15 is 0 Å². The van der Waals surface area contributed by atoms with E-state index in [1.807, 2.05) is 11.8 Å². The first-order chi connectivity index (χ1) is 9.29. The first-order valence-corrected chi connectivity index (χ1v) is 9.54. The average Bonchev–Trinajstić information content (AvgIpc) is 3.29. The lowest BCUT2D eigenvalue weighted by Crippen LogP contribution is -2.03. The Morgan fingerprint density at radius 1 is 1.26 bits per heavy atom. The fourth-order valence-corrected chi connectivity index (χ4v) is 4.33. The highest BCUT2D eigenvalue weighted by molar-refractivity contribution is 9.09. The maximum atomic E-state index is 4.46. The van der Waals surface area contributed by atoms with Gasteiger partial charge in [0.1, 0.15) is 5.82 Å². The van der Waals surface area contributed by atoms with Crippen molar-refractivity contribution in [3.05, 3.63) is 5.82 Å². The average molecular weight is 344 g/mol. The number of rotatable bonds is 8. The monoisotopic (exact) mass is 343 g/mol. The molecule has 0 N–H and O–H groups in total. The molecule has 1 heterocycles. The highest BCUT2D eigenvalue weighted by atomic mass is 79.9. The van der Waals surface area contributed by atoms with E-state index in [-0.39, 0.29) is 0 Å². The fraction of sp³-hybridized carbons (Fsp3) is 0.857. The Hall–Kier alpha value is -0.0300. The summed E-state index contributed by atoms with van der Waals surface area (Å²) in [6, 6.07) is 0.716. The SMILES string of the molecule is CC(CCBr)CCSc1nnc(C2CC2)n1C1CC1. The maximum Gasteiger partial charge on any atom is 0.191 e. The molecule has 0 aromatic carbocycles. The van der Waals surface area contributed by atoms with Crippen molar-refractivity contribution in [3.8, 4) is 0 Å². The predicted molar refractivity (Wildman–Crippen MR) is 83.2 cm³/mol. The lowest BCUT2D eigenvalue weighted by Gasteiger charge is -2.10. The van der Waals surface area contributed by atoms with Gasteiger partial charge in [0, 0.05) is 23.0 Å². The molecular formula is C14H22BrN3S. The largest absolute Gasteiger partial charge is 0.303 e. The molecule has 1 atom stereocenters. The summed E-state index contributed by atoms with van der Waals surface area (Å²) in [5.74, 6) is 3.96. The summed E-state index contributed by atoms with van der Waals surface area (Å²) in [4.78, 5) is 0. The summed E-state index contributed by atoms with van der Waals surface area (Å²) < 4.78 is 2.46. The lowest BCUT2D eigenvalue weighted by molar-refractivity contribution is 0.554. The lowest BCUT2D eigenvalue weighted by atomic mass is 10.1. The summed E-state index contributed by atoms with van der Waals surface area (Å²) in [5, 5.41) is 11.2. The van der Waals surface area contributed by atoms with E-state index in [4.69, 9.17) is 0 Å². The number of hydrogen-bond acceptors (Lipinski definition) is 3. The van der Waals surface area contributed by atoms with Gasteiger partial charge in [0.2, 0.25) is 0 Å². The molecular weight excluding hydrogens is 322 g/mol. The van der Waals surface area contributed by atoms with E-state index < -0.39 is 0 Å². The van der Waals surface area contributed by atoms with Crippen molar-refractivity contribution >= 4 is 27.7 Å². The summed E-state index contributed by atoms with van der Waals surface area (Å²) in [5.41, 5.74) is 0. The molecule has 0 amide bonds. The van der Waals surface area contributed by atoms with Gasteiger partial charge in [0.15, 0.2) is 5.16 Å². The Bertz CT molecular complexity index is 426. The molecule has 0 radical (unpaired) electrons. The summed E-state index contributed by atoms with van der Waals surface area (Å²) in [7, 11) is 0. The second kappa shape index (κ2) is 6.17. The Kier molecular flexibility index (Phi) is 4.52. The van der Waals surface area contributed by atoms with Gasteiger partial charge in [-0.25, -0.2) is 0 Å². The molecule has 1 aromatic rings. The Morgan fingerprint density at radius 3 is 2.68 bits per heavy atom. The Labute approximate surface area is 128 Å². The standard InChI is InChI=1S/C14H22BrN3S/c1-10(6-8-15)7-9-19-14-17-16-13(11-2-3-11)18(14)12-4-5-12/h10-12H,2-9H2,1H3. The molecule has 1 aromatic heterocycles. The molecule has 2 aliphatic carbocycles. The Balaban J connectivity index is 1.58. The molecule has 3 rings (SSSR count). The molecule has 0 saturated heterocycles. The topological polar surface area (TPSA) is 30.7 Å². The van der Waals surface area contributed by atoms with Crippen LogP contribution in [0.2, 0.25) is 0 Å². The van der Waals surface area contributed by atoms with Gasteiger partial charge in [-0.15, -0.1) is 10.2 Å². The first-order valence-electron chi connectivity index (χ1n) is 7.43. The second-order valence-electron chi connectivity index (χ2n) is 5.94. The molecule has 5 heteroatoms. The van der Waals surface area contributed by atoms with Gasteiger partial charge in [-0.2, -0.15) is 0 Å². The van der Waals surface area contributed by atoms with Crippen LogP contribution in [0.15, 0.2) is 5.16 Å². The second-order valence-corrected chi connectivity index (χ2v) is 7.79. The van der Waals surface area contributed by atoms with E-state index in [1.165, 1.54) is 55.3 Å². The van der Waals surface area contributed by atoms with E-state index in [0.717, 1.165) is 17.2 Å². The van der Waals surface area contributed by atoms with E-state index in [9.17, 15) is 0 Å². The van der Waals surface area contributed by atoms with Crippen LogP contribution in [0.1, 0.15) is 63.2 Å². The van der Waals surface area contributed by atoms with Crippen LogP contribution in [0.4, 0.5) is 0 Å². The summed E-state index contributed by atoms with van der Waals surface area (Å²) in [6.07, 6.45) is 7.82. The molecule has 2 fully saturated rings. The van der Waals surface area contributed by atoms with Crippen LogP contribution in [0.5, 0.6) is 0 Å². The van der Waals surface area contributed by atoms with Crippen molar-refractivity contribution in [2.75, 3.05) is 11.1 Å². The zero-order chi connectivity index (χ0) is 13.2. The third-order valence-corrected chi connectivity index (χ3v) is 5.42. The zero-order valence-corrected chi connectivity index (χ0v) is 13.9. The van der Waals surface area contributed by atoms with Crippen molar-refractivity contribution in [1.82, 2.24) is 14.8 Å². The van der Waals surface area contributed by atoms with Gasteiger partial charge < -0.3 is 4.57 Å². The summed E-state index contributed by atoms with van der Waals surface area (Å²) in [6.45, 7) is 2.34. The van der Waals surface area contributed by atoms with Crippen molar-refractivity contribution in [1.29, 1.82) is 0 Å². The minimum absolute atomic E-state index is 0.716. The van der Waals surface area contributed by atoms with Gasteiger partial charge in [-0.1, -0.05) is 34.6 Å².